The Bertz CT molecular complexity index is 5330. The number of cyclic esters (lactones) is 1. The van der Waals surface area contributed by atoms with E-state index < -0.39 is 202 Å². The predicted octanol–water partition coefficient (Wildman–Crippen LogP) is 3.53. The number of carbonyl (C=O) groups excluding carboxylic acids is 12. The molecule has 42 heteroatoms. The number of amides is 11. The second kappa shape index (κ2) is 36.9. The van der Waals surface area contributed by atoms with Gasteiger partial charge in [0.1, 0.15) is 113 Å². The molecule has 1 saturated heterocycles. The second-order valence-electron chi connectivity index (χ2n) is 29.7. The van der Waals surface area contributed by atoms with Gasteiger partial charge in [-0.3, -0.25) is 68.0 Å². The first kappa shape index (κ1) is 89.0. The number of nitrogens with two attached hydrogens (primary N) is 1. The Kier molecular flexibility index (Phi) is 27.2. The lowest BCUT2D eigenvalue weighted by Gasteiger charge is -2.41. The van der Waals surface area contributed by atoms with Crippen LogP contribution in [0.4, 0.5) is 0 Å². The standard InChI is InChI=1S/C79H89N19O18S5/c1-14-31(3)53-69(111)85-35(7)63(105)82-33(5)62(104)83-36(8)64(106)98-79-24-23-46(72-92-49(27-118-72)65(107)84-34(6)61(103)81-32(4)60(80)102)88-58(79)48-26-119-73(90-48)55(39(11)114-75(113)47-25-43(37(9)99)42-21-22-45(86-53)57(101)56(42)87-47)96-66(108)50-29-120-74(93-50)59(78(13)40(12)115-76(116-78)41-19-17-16-18-20-41)97-68(110)51-28-117-71(91-51)44(15-2)89-70(112)54(38(10)100)95-67(109)52-30-121-77(79)94-52/h15-22,25-27,29-31,35-40,45,51,53-55,57-59,76,86,99-101H,4-6,14,23-24,28H2,1-3,7-13H3,(H2,80,102)(H,81,103)(H,82,105)(H,83,104)(H,84,107)(H,85,111)(H,89,112)(H,95,109)(H,96,108)(H,97,110)(H,98,106)/b44-15-/t31-,35-,36-,37-,38+,39+,40+,45+,51+,53-,54-,55-,57-,58+,59+,76?,78+,79+/m0/s1. The van der Waals surface area contributed by atoms with E-state index in [1.54, 1.807) is 64.1 Å². The van der Waals surface area contributed by atoms with Crippen LogP contribution in [0.5, 0.6) is 0 Å². The van der Waals surface area contributed by atoms with Crippen LogP contribution in [0.25, 0.3) is 6.08 Å². The highest BCUT2D eigenvalue weighted by Crippen LogP contribution is 2.49. The van der Waals surface area contributed by atoms with Crippen molar-refractivity contribution < 1.29 is 87.1 Å². The summed E-state index contributed by atoms with van der Waals surface area (Å²) in [7, 11) is 0. The smallest absolute Gasteiger partial charge is 0.357 e. The van der Waals surface area contributed by atoms with E-state index >= 15 is 14.4 Å². The molecule has 121 heavy (non-hydrogen) atoms. The number of allylic oxidation sites excluding steroid dienone is 1. The fourth-order valence-electron chi connectivity index (χ4n) is 13.8. The number of nitrogens with one attached hydrogen (secondary N) is 11. The number of aliphatic imine (C=N–C) groups is 2. The van der Waals surface area contributed by atoms with Crippen LogP contribution in [0.3, 0.4) is 0 Å². The molecule has 6 aliphatic rings. The van der Waals surface area contributed by atoms with Gasteiger partial charge in [-0.05, 0) is 85.8 Å². The van der Waals surface area contributed by atoms with Gasteiger partial charge in [0.05, 0.1) is 70.3 Å². The third-order valence-corrected chi connectivity index (χ3v) is 26.0. The number of thioether (sulfide) groups is 1. The molecule has 12 rings (SSSR count). The summed E-state index contributed by atoms with van der Waals surface area (Å²) in [5.74, 6) is -11.7. The SMILES string of the molecule is C=C(NC(=O)C(=C)NC(=O)c1csc(C2=N[C@@H]3c4csc(n4)[C@H]4NC(=O)c5csc(n5)[C@H]([C@]5(C)OC(c6ccccc6)O[C@@H]5C)NC(=O)[C@H]5CSC(=N5)/C(=C/C)NC(=O)[C@H]([C@@H](C)O)NC(=O)c5csc(n5)[C@]3(CC2)NC(=O)[C@H](C)NC(=O)C(=C)NC(=O)[C@H](C)NC(=O)[C@H]([C@@H](C)CC)N[C@@H]2C=Cc3c([C@H](C)O)cc(nc3[C@H]2O)C(=O)O[C@@H]4C)n1)C(N)=O. The van der Waals surface area contributed by atoms with Gasteiger partial charge in [0.15, 0.2) is 6.29 Å². The number of hydrogen-bond donors (Lipinski definition) is 15. The van der Waals surface area contributed by atoms with Crippen molar-refractivity contribution in [2.45, 2.75) is 191 Å². The van der Waals surface area contributed by atoms with E-state index in [-0.39, 0.29) is 94.7 Å². The molecule has 0 spiro atoms. The minimum atomic E-state index is -2.04. The maximum Gasteiger partial charge on any atom is 0.357 e. The first-order chi connectivity index (χ1) is 57.4. The first-order valence-corrected chi connectivity index (χ1v) is 42.8. The zero-order chi connectivity index (χ0) is 87.5. The fourth-order valence-corrected chi connectivity index (χ4v) is 18.7. The Labute approximate surface area is 712 Å². The van der Waals surface area contributed by atoms with E-state index in [0.717, 1.165) is 57.1 Å². The molecule has 37 nitrogen and oxygen atoms in total. The molecule has 638 valence electrons. The maximum absolute atomic E-state index is 15.6. The van der Waals surface area contributed by atoms with Gasteiger partial charge in [-0.1, -0.05) is 88.6 Å². The number of aliphatic hydroxyl groups is 3. The second-order valence-corrected chi connectivity index (χ2v) is 34.2. The average molecular weight is 1750 g/mol. The summed E-state index contributed by atoms with van der Waals surface area (Å²) >= 11 is 4.74. The van der Waals surface area contributed by atoms with Gasteiger partial charge in [-0.2, -0.15) is 0 Å². The number of nitrogens with zero attached hydrogens (tertiary/aromatic N) is 7. The molecule has 5 aliphatic heterocycles. The molecule has 5 aromatic heterocycles. The van der Waals surface area contributed by atoms with Crippen LogP contribution in [0.2, 0.25) is 0 Å². The molecule has 1 aromatic carbocycles. The van der Waals surface area contributed by atoms with Crippen molar-refractivity contribution in [2.75, 3.05) is 5.75 Å². The summed E-state index contributed by atoms with van der Waals surface area (Å²) in [6.45, 7) is 26.2. The average Bonchev–Trinajstić information content (AvgIpc) is 1.67. The van der Waals surface area contributed by atoms with E-state index in [1.165, 1.54) is 68.3 Å². The first-order valence-electron chi connectivity index (χ1n) is 38.3. The van der Waals surface area contributed by atoms with Crippen molar-refractivity contribution in [1.82, 2.24) is 83.4 Å². The molecule has 16 N–H and O–H groups in total. The molecule has 1 aliphatic carbocycles. The minimum absolute atomic E-state index is 0.0303. The Balaban J connectivity index is 1.04. The van der Waals surface area contributed by atoms with Gasteiger partial charge in [0.2, 0.25) is 29.5 Å². The largest absolute Gasteiger partial charge is 0.455 e. The van der Waals surface area contributed by atoms with E-state index in [1.807, 2.05) is 13.0 Å². The number of hydrogen-bond acceptors (Lipinski definition) is 31. The Morgan fingerprint density at radius 1 is 0.752 bits per heavy atom. The van der Waals surface area contributed by atoms with Gasteiger partial charge >= 0.3 is 5.97 Å². The van der Waals surface area contributed by atoms with Gasteiger partial charge in [-0.15, -0.1) is 57.1 Å². The third-order valence-electron chi connectivity index (χ3n) is 21.2. The number of primary amides is 1. The fraction of sp³-hybridized carbons (Fsp3) is 0.405. The molecular weight excluding hydrogens is 1660 g/mol. The van der Waals surface area contributed by atoms with Crippen molar-refractivity contribution in [2.24, 2.45) is 21.6 Å². The molecule has 1 unspecified atom stereocenters. The molecule has 11 amide bonds. The van der Waals surface area contributed by atoms with Crippen LogP contribution in [0.15, 0.2) is 123 Å². The monoisotopic (exact) mass is 1750 g/mol. The van der Waals surface area contributed by atoms with Gasteiger partial charge < -0.3 is 88.4 Å². The topological polar surface area (TPSA) is 541 Å². The Hall–Kier alpha value is -11.3. The number of thiazole rings is 4. The normalized spacial score (nSPS) is 28.3. The highest BCUT2D eigenvalue weighted by Gasteiger charge is 2.54. The van der Waals surface area contributed by atoms with Crippen molar-refractivity contribution in [3.63, 3.8) is 0 Å². The number of ether oxygens (including phenoxy) is 3. The lowest BCUT2D eigenvalue weighted by Crippen LogP contribution is -2.57. The van der Waals surface area contributed by atoms with Crippen molar-refractivity contribution >= 4 is 145 Å². The lowest BCUT2D eigenvalue weighted by atomic mass is 9.80. The number of pyridine rings is 1. The van der Waals surface area contributed by atoms with Gasteiger partial charge in [0.25, 0.3) is 35.4 Å². The van der Waals surface area contributed by atoms with Crippen LogP contribution in [0, 0.1) is 5.92 Å². The van der Waals surface area contributed by atoms with Gasteiger partial charge in [-0.25, -0.2) is 29.7 Å². The number of esters is 1. The number of carbonyl (C=O) groups is 12. The summed E-state index contributed by atoms with van der Waals surface area (Å²) in [5.41, 5.74) is -0.0217. The molecule has 1 fully saturated rings. The van der Waals surface area contributed by atoms with E-state index in [2.05, 4.69) is 88.2 Å². The van der Waals surface area contributed by atoms with Crippen LogP contribution in [-0.2, 0) is 58.1 Å². The summed E-state index contributed by atoms with van der Waals surface area (Å²) in [5, 5.41) is 70.8. The Morgan fingerprint density at radius 3 is 2.16 bits per heavy atom. The van der Waals surface area contributed by atoms with Crippen LogP contribution < -0.4 is 64.2 Å². The lowest BCUT2D eigenvalue weighted by molar-refractivity contribution is -0.131. The van der Waals surface area contributed by atoms with E-state index in [4.69, 9.17) is 44.9 Å². The summed E-state index contributed by atoms with van der Waals surface area (Å²) < 4.78 is 19.6. The minimum Gasteiger partial charge on any atom is -0.455 e. The zero-order valence-corrected chi connectivity index (χ0v) is 71.0. The number of rotatable bonds is 12. The highest BCUT2D eigenvalue weighted by atomic mass is 32.2. The third kappa shape index (κ3) is 19.1. The zero-order valence-electron chi connectivity index (χ0n) is 66.9. The van der Waals surface area contributed by atoms with Gasteiger partial charge in [0, 0.05) is 38.4 Å². The summed E-state index contributed by atoms with van der Waals surface area (Å²) in [4.78, 5) is 206. The number of fused-ring (bicyclic) bond motifs is 7. The molecule has 18 atom stereocenters. The summed E-state index contributed by atoms with van der Waals surface area (Å²) in [6.07, 6.45) is -3.18. The molecule has 0 saturated carbocycles. The van der Waals surface area contributed by atoms with Crippen LogP contribution in [0.1, 0.15) is 215 Å². The van der Waals surface area contributed by atoms with E-state index in [0.29, 0.717) is 12.0 Å². The quantitative estimate of drug-likeness (QED) is 0.0615. The highest BCUT2D eigenvalue weighted by molar-refractivity contribution is 8.14. The number of benzene rings is 1. The number of aromatic nitrogens is 5. The predicted molar refractivity (Wildman–Crippen MR) is 445 cm³/mol. The molecular formula is C79H89N19O18S5. The van der Waals surface area contributed by atoms with Crippen molar-refractivity contribution in [3.05, 3.63) is 183 Å². The Morgan fingerprint density at radius 2 is 1.45 bits per heavy atom. The summed E-state index contributed by atoms with van der Waals surface area (Å²) in [6, 6.07) is -1.98. The molecule has 0 radical (unpaired) electrons. The van der Waals surface area contributed by atoms with Crippen LogP contribution in [-0.4, -0.2) is 188 Å². The van der Waals surface area contributed by atoms with Crippen LogP contribution >= 0.6 is 57.1 Å². The van der Waals surface area contributed by atoms with Crippen molar-refractivity contribution in [3.8, 4) is 0 Å². The molecule has 6 aromatic rings. The molecule has 13 bridgehead atoms. The molecule has 10 heterocycles. The number of aliphatic hydroxyl groups excluding tert-OH is 3. The maximum atomic E-state index is 15.6. The van der Waals surface area contributed by atoms with Crippen molar-refractivity contribution in [1.29, 1.82) is 0 Å². The van der Waals surface area contributed by atoms with E-state index in [9.17, 15) is 58.5 Å².